The van der Waals surface area contributed by atoms with Crippen molar-refractivity contribution >= 4 is 15.9 Å². The van der Waals surface area contributed by atoms with Crippen LogP contribution in [0.3, 0.4) is 0 Å². The number of hydrogen-bond acceptors (Lipinski definition) is 4. The lowest BCUT2D eigenvalue weighted by molar-refractivity contribution is -0.133. The Morgan fingerprint density at radius 3 is 2.35 bits per heavy atom. The van der Waals surface area contributed by atoms with E-state index >= 15 is 0 Å². The molecule has 0 saturated heterocycles. The smallest absolute Gasteiger partial charge is 0.251 e. The van der Waals surface area contributed by atoms with Crippen molar-refractivity contribution in [3.05, 3.63) is 28.7 Å². The van der Waals surface area contributed by atoms with Crippen LogP contribution in [0.2, 0.25) is 0 Å². The molecule has 146 valence electrons. The van der Waals surface area contributed by atoms with Gasteiger partial charge in [-0.3, -0.25) is 9.59 Å². The number of sulfonamides is 1. The molecule has 1 saturated carbocycles. The van der Waals surface area contributed by atoms with Crippen LogP contribution in [0, 0.1) is 5.92 Å². The van der Waals surface area contributed by atoms with E-state index in [-0.39, 0.29) is 28.9 Å². The van der Waals surface area contributed by atoms with Crippen molar-refractivity contribution in [3.63, 3.8) is 0 Å². The summed E-state index contributed by atoms with van der Waals surface area (Å²) in [5.74, 6) is 0.200. The van der Waals surface area contributed by atoms with Gasteiger partial charge in [-0.05, 0) is 24.8 Å². The molecule has 1 amide bonds. The molecule has 0 bridgehead atoms. The van der Waals surface area contributed by atoms with Crippen LogP contribution in [0.25, 0.3) is 0 Å². The highest BCUT2D eigenvalue weighted by Gasteiger charge is 2.33. The highest BCUT2D eigenvalue weighted by molar-refractivity contribution is 7.89. The number of carbonyl (C=O) groups is 1. The Hall–Kier alpha value is -1.67. The molecule has 8 heteroatoms. The summed E-state index contributed by atoms with van der Waals surface area (Å²) in [6.45, 7) is 8.83. The van der Waals surface area contributed by atoms with Crippen molar-refractivity contribution in [2.24, 2.45) is 5.92 Å². The highest BCUT2D eigenvalue weighted by Crippen LogP contribution is 2.27. The fraction of sp³-hybridized carbons (Fsp3) is 0.667. The number of hydrogen-bond donors (Lipinski definition) is 0. The van der Waals surface area contributed by atoms with E-state index in [0.29, 0.717) is 25.6 Å². The van der Waals surface area contributed by atoms with Gasteiger partial charge in [-0.2, -0.15) is 4.31 Å². The van der Waals surface area contributed by atoms with Crippen molar-refractivity contribution in [1.82, 2.24) is 13.8 Å². The topological polar surface area (TPSA) is 79.7 Å². The van der Waals surface area contributed by atoms with Crippen LogP contribution in [0.1, 0.15) is 40.5 Å². The Bertz CT molecular complexity index is 793. The largest absolute Gasteiger partial charge is 0.338 e. The minimum absolute atomic E-state index is 0.0374. The first-order valence-corrected chi connectivity index (χ1v) is 10.6. The van der Waals surface area contributed by atoms with Crippen molar-refractivity contribution in [2.75, 3.05) is 19.6 Å². The second-order valence-corrected chi connectivity index (χ2v) is 9.03. The normalized spacial score (nSPS) is 14.8. The fourth-order valence-corrected chi connectivity index (χ4v) is 4.45. The Labute approximate surface area is 155 Å². The first-order valence-electron chi connectivity index (χ1n) is 9.20. The van der Waals surface area contributed by atoms with Gasteiger partial charge in [0.15, 0.2) is 0 Å². The zero-order valence-corrected chi connectivity index (χ0v) is 16.8. The molecule has 1 aliphatic rings. The Morgan fingerprint density at radius 1 is 1.23 bits per heavy atom. The molecule has 0 spiro atoms. The van der Waals surface area contributed by atoms with Crippen LogP contribution in [0.15, 0.2) is 28.0 Å². The SMILES string of the molecule is CCN(CC)S(=O)(=O)c1ccc(=O)n(CC(=O)N(CC(C)C)C2CC2)c1. The second kappa shape index (κ2) is 8.35. The third kappa shape index (κ3) is 4.73. The van der Waals surface area contributed by atoms with Crippen LogP contribution in [-0.4, -0.2) is 53.8 Å². The van der Waals surface area contributed by atoms with E-state index in [4.69, 9.17) is 0 Å². The number of nitrogens with zero attached hydrogens (tertiary/aromatic N) is 3. The van der Waals surface area contributed by atoms with Gasteiger partial charge in [0.1, 0.15) is 6.54 Å². The molecule has 0 radical (unpaired) electrons. The summed E-state index contributed by atoms with van der Waals surface area (Å²) in [6.07, 6.45) is 3.27. The number of pyridine rings is 1. The third-order valence-corrected chi connectivity index (χ3v) is 6.51. The fourth-order valence-electron chi connectivity index (χ4n) is 2.97. The van der Waals surface area contributed by atoms with E-state index in [9.17, 15) is 18.0 Å². The molecule has 1 aromatic rings. The van der Waals surface area contributed by atoms with Crippen molar-refractivity contribution in [1.29, 1.82) is 0 Å². The summed E-state index contributed by atoms with van der Waals surface area (Å²) in [4.78, 5) is 26.7. The van der Waals surface area contributed by atoms with E-state index < -0.39 is 10.0 Å². The van der Waals surface area contributed by atoms with E-state index in [1.165, 1.54) is 27.2 Å². The van der Waals surface area contributed by atoms with E-state index in [1.54, 1.807) is 13.8 Å². The lowest BCUT2D eigenvalue weighted by Gasteiger charge is -2.25. The summed E-state index contributed by atoms with van der Waals surface area (Å²) in [6, 6.07) is 2.78. The molecule has 1 aromatic heterocycles. The minimum Gasteiger partial charge on any atom is -0.338 e. The number of carbonyl (C=O) groups excluding carboxylic acids is 1. The van der Waals surface area contributed by atoms with E-state index in [0.717, 1.165) is 12.8 Å². The van der Waals surface area contributed by atoms with Crippen LogP contribution in [0.5, 0.6) is 0 Å². The second-order valence-electron chi connectivity index (χ2n) is 7.09. The zero-order chi connectivity index (χ0) is 19.5. The molecule has 2 rings (SSSR count). The standard InChI is InChI=1S/C18H29N3O4S/c1-5-20(6-2)26(24,25)16-9-10-17(22)19(12-16)13-18(23)21(11-14(3)4)15-7-8-15/h9-10,12,14-15H,5-8,11,13H2,1-4H3. The molecule has 0 aliphatic heterocycles. The third-order valence-electron chi connectivity index (χ3n) is 4.47. The van der Waals surface area contributed by atoms with Crippen LogP contribution >= 0.6 is 0 Å². The Balaban J connectivity index is 2.27. The van der Waals surface area contributed by atoms with Crippen molar-refractivity contribution in [2.45, 2.75) is 58.0 Å². The number of aromatic nitrogens is 1. The summed E-state index contributed by atoms with van der Waals surface area (Å²) in [7, 11) is -3.67. The summed E-state index contributed by atoms with van der Waals surface area (Å²) in [5, 5.41) is 0. The van der Waals surface area contributed by atoms with Gasteiger partial charge in [-0.25, -0.2) is 8.42 Å². The predicted molar refractivity (Wildman–Crippen MR) is 100 cm³/mol. The maximum atomic E-state index is 12.7. The molecule has 26 heavy (non-hydrogen) atoms. The van der Waals surface area contributed by atoms with Crippen LogP contribution in [0.4, 0.5) is 0 Å². The van der Waals surface area contributed by atoms with E-state index in [1.807, 2.05) is 18.7 Å². The maximum Gasteiger partial charge on any atom is 0.251 e. The quantitative estimate of drug-likeness (QED) is 0.648. The first-order chi connectivity index (χ1) is 12.2. The predicted octanol–water partition coefficient (Wildman–Crippen LogP) is 1.53. The van der Waals surface area contributed by atoms with Gasteiger partial charge in [0, 0.05) is 37.9 Å². The molecule has 0 aromatic carbocycles. The van der Waals surface area contributed by atoms with Gasteiger partial charge in [0.2, 0.25) is 15.9 Å². The van der Waals surface area contributed by atoms with Crippen LogP contribution < -0.4 is 5.56 Å². The molecule has 0 N–H and O–H groups in total. The monoisotopic (exact) mass is 383 g/mol. The van der Waals surface area contributed by atoms with E-state index in [2.05, 4.69) is 0 Å². The van der Waals surface area contributed by atoms with Crippen molar-refractivity contribution < 1.29 is 13.2 Å². The molecular weight excluding hydrogens is 354 g/mol. The van der Waals surface area contributed by atoms with Crippen molar-refractivity contribution in [3.8, 4) is 0 Å². The lowest BCUT2D eigenvalue weighted by Crippen LogP contribution is -2.40. The highest BCUT2D eigenvalue weighted by atomic mass is 32.2. The van der Waals surface area contributed by atoms with Gasteiger partial charge in [0.05, 0.1) is 4.90 Å². The Kier molecular flexibility index (Phi) is 6.63. The zero-order valence-electron chi connectivity index (χ0n) is 16.0. The van der Waals surface area contributed by atoms with Gasteiger partial charge in [0.25, 0.3) is 5.56 Å². The van der Waals surface area contributed by atoms with Gasteiger partial charge >= 0.3 is 0 Å². The molecular formula is C18H29N3O4S. The molecule has 1 heterocycles. The summed E-state index contributed by atoms with van der Waals surface area (Å²) in [5.41, 5.74) is -0.378. The number of rotatable bonds is 9. The molecule has 0 atom stereocenters. The van der Waals surface area contributed by atoms with Gasteiger partial charge in [-0.1, -0.05) is 27.7 Å². The number of amides is 1. The molecule has 1 fully saturated rings. The van der Waals surface area contributed by atoms with Gasteiger partial charge < -0.3 is 9.47 Å². The average Bonchev–Trinajstić information content (AvgIpc) is 3.40. The maximum absolute atomic E-state index is 12.7. The first kappa shape index (κ1) is 20.6. The average molecular weight is 384 g/mol. The molecule has 1 aliphatic carbocycles. The Morgan fingerprint density at radius 2 is 1.85 bits per heavy atom. The molecule has 0 unspecified atom stereocenters. The van der Waals surface area contributed by atoms with Crippen LogP contribution in [-0.2, 0) is 21.4 Å². The minimum atomic E-state index is -3.67. The summed E-state index contributed by atoms with van der Waals surface area (Å²) >= 11 is 0. The summed E-state index contributed by atoms with van der Waals surface area (Å²) < 4.78 is 27.8. The lowest BCUT2D eigenvalue weighted by atomic mass is 10.2. The van der Waals surface area contributed by atoms with Gasteiger partial charge in [-0.15, -0.1) is 0 Å². The molecule has 7 nitrogen and oxygen atoms in total.